The second-order valence-electron chi connectivity index (χ2n) is 3.96. The zero-order valence-electron chi connectivity index (χ0n) is 9.73. The number of rotatable bonds is 4. The summed E-state index contributed by atoms with van der Waals surface area (Å²) in [7, 11) is 0. The molecule has 1 rings (SSSR count). The van der Waals surface area contributed by atoms with Gasteiger partial charge < -0.3 is 5.73 Å². The minimum atomic E-state index is -0.698. The number of hydrazine groups is 1. The summed E-state index contributed by atoms with van der Waals surface area (Å²) >= 11 is 0. The maximum atomic E-state index is 11.2. The molecule has 0 aliphatic carbocycles. The first-order valence-electron chi connectivity index (χ1n) is 5.46. The third-order valence-electron chi connectivity index (χ3n) is 2.90. The van der Waals surface area contributed by atoms with E-state index in [9.17, 15) is 4.79 Å². The van der Waals surface area contributed by atoms with Crippen LogP contribution in [0, 0.1) is 0 Å². The smallest absolute Gasteiger partial charge is 0.255 e. The zero-order chi connectivity index (χ0) is 12.1. The van der Waals surface area contributed by atoms with Crippen LogP contribution in [0.25, 0.3) is 0 Å². The number of amides is 1. The Morgan fingerprint density at radius 2 is 1.81 bits per heavy atom. The highest BCUT2D eigenvalue weighted by Crippen LogP contribution is 2.20. The molecule has 5 N–H and O–H groups in total. The third-order valence-corrected chi connectivity index (χ3v) is 2.90. The fourth-order valence-corrected chi connectivity index (χ4v) is 1.51. The number of benzene rings is 1. The SMILES string of the molecule is CCC(C)c1ccc(C(N)C(=O)NN)cc1. The van der Waals surface area contributed by atoms with Gasteiger partial charge in [-0.2, -0.15) is 0 Å². The summed E-state index contributed by atoms with van der Waals surface area (Å²) in [5.41, 5.74) is 9.79. The van der Waals surface area contributed by atoms with Crippen molar-refractivity contribution in [2.24, 2.45) is 11.6 Å². The Hall–Kier alpha value is -1.39. The van der Waals surface area contributed by atoms with Gasteiger partial charge in [0.05, 0.1) is 0 Å². The third kappa shape index (κ3) is 2.81. The van der Waals surface area contributed by atoms with E-state index >= 15 is 0 Å². The molecule has 0 aliphatic heterocycles. The lowest BCUT2D eigenvalue weighted by molar-refractivity contribution is -0.122. The molecular formula is C12H19N3O. The minimum Gasteiger partial charge on any atom is -0.316 e. The van der Waals surface area contributed by atoms with E-state index in [0.29, 0.717) is 5.92 Å². The number of hydrogen-bond donors (Lipinski definition) is 3. The Morgan fingerprint density at radius 3 is 2.25 bits per heavy atom. The predicted octanol–water partition coefficient (Wildman–Crippen LogP) is 1.19. The van der Waals surface area contributed by atoms with Crippen molar-refractivity contribution in [3.8, 4) is 0 Å². The fraction of sp³-hybridized carbons (Fsp3) is 0.417. The number of nitrogens with two attached hydrogens (primary N) is 2. The average Bonchev–Trinajstić information content (AvgIpc) is 2.36. The van der Waals surface area contributed by atoms with Gasteiger partial charge in [-0.3, -0.25) is 10.2 Å². The normalized spacial score (nSPS) is 14.2. The summed E-state index contributed by atoms with van der Waals surface area (Å²) in [6.45, 7) is 4.31. The first kappa shape index (κ1) is 12.7. The molecule has 4 nitrogen and oxygen atoms in total. The van der Waals surface area contributed by atoms with E-state index < -0.39 is 6.04 Å². The van der Waals surface area contributed by atoms with Crippen LogP contribution in [0.3, 0.4) is 0 Å². The van der Waals surface area contributed by atoms with E-state index in [1.807, 2.05) is 29.7 Å². The summed E-state index contributed by atoms with van der Waals surface area (Å²) in [5, 5.41) is 0. The van der Waals surface area contributed by atoms with Crippen LogP contribution >= 0.6 is 0 Å². The molecule has 2 atom stereocenters. The topological polar surface area (TPSA) is 81.1 Å². The van der Waals surface area contributed by atoms with Crippen LogP contribution in [0.4, 0.5) is 0 Å². The Kier molecular flexibility index (Phi) is 4.46. The quantitative estimate of drug-likeness (QED) is 0.406. The molecule has 2 unspecified atom stereocenters. The minimum absolute atomic E-state index is 0.378. The number of carbonyl (C=O) groups is 1. The van der Waals surface area contributed by atoms with Crippen molar-refractivity contribution in [3.05, 3.63) is 35.4 Å². The maximum absolute atomic E-state index is 11.2. The summed E-state index contributed by atoms with van der Waals surface area (Å²) < 4.78 is 0. The summed E-state index contributed by atoms with van der Waals surface area (Å²) in [4.78, 5) is 11.2. The second kappa shape index (κ2) is 5.63. The highest BCUT2D eigenvalue weighted by Gasteiger charge is 2.14. The van der Waals surface area contributed by atoms with Crippen LogP contribution in [0.5, 0.6) is 0 Å². The van der Waals surface area contributed by atoms with Gasteiger partial charge in [-0.05, 0) is 23.5 Å². The van der Waals surface area contributed by atoms with Gasteiger partial charge in [-0.1, -0.05) is 38.1 Å². The van der Waals surface area contributed by atoms with Crippen LogP contribution in [0.15, 0.2) is 24.3 Å². The molecule has 0 saturated carbocycles. The van der Waals surface area contributed by atoms with Crippen molar-refractivity contribution in [3.63, 3.8) is 0 Å². The van der Waals surface area contributed by atoms with Gasteiger partial charge in [0.15, 0.2) is 0 Å². The molecular weight excluding hydrogens is 202 g/mol. The van der Waals surface area contributed by atoms with Crippen molar-refractivity contribution in [1.82, 2.24) is 5.43 Å². The molecule has 0 aliphatic rings. The lowest BCUT2D eigenvalue weighted by Gasteiger charge is -2.13. The molecule has 1 aromatic rings. The van der Waals surface area contributed by atoms with Crippen LogP contribution in [-0.4, -0.2) is 5.91 Å². The van der Waals surface area contributed by atoms with Crippen LogP contribution in [0.1, 0.15) is 43.4 Å². The van der Waals surface area contributed by atoms with E-state index in [0.717, 1.165) is 12.0 Å². The predicted molar refractivity (Wildman–Crippen MR) is 64.4 cm³/mol. The van der Waals surface area contributed by atoms with E-state index in [1.165, 1.54) is 5.56 Å². The van der Waals surface area contributed by atoms with Crippen molar-refractivity contribution < 1.29 is 4.79 Å². The first-order chi connectivity index (χ1) is 7.60. The molecule has 0 fully saturated rings. The van der Waals surface area contributed by atoms with E-state index in [4.69, 9.17) is 11.6 Å². The number of hydrogen-bond acceptors (Lipinski definition) is 3. The summed E-state index contributed by atoms with van der Waals surface area (Å²) in [5.74, 6) is 5.17. The van der Waals surface area contributed by atoms with Gasteiger partial charge in [0, 0.05) is 0 Å². The molecule has 0 bridgehead atoms. The molecule has 4 heteroatoms. The summed E-state index contributed by atoms with van der Waals surface area (Å²) in [6, 6.07) is 7.07. The Balaban J connectivity index is 2.82. The molecule has 1 amide bonds. The van der Waals surface area contributed by atoms with Crippen molar-refractivity contribution in [1.29, 1.82) is 0 Å². The Bertz CT molecular complexity index is 348. The van der Waals surface area contributed by atoms with E-state index in [-0.39, 0.29) is 5.91 Å². The standard InChI is InChI=1S/C12H19N3O/c1-3-8(2)9-4-6-10(7-5-9)11(13)12(16)15-14/h4-8,11H,3,13-14H2,1-2H3,(H,15,16). The molecule has 0 heterocycles. The van der Waals surface area contributed by atoms with Crippen molar-refractivity contribution >= 4 is 5.91 Å². The fourth-order valence-electron chi connectivity index (χ4n) is 1.51. The maximum Gasteiger partial charge on any atom is 0.255 e. The van der Waals surface area contributed by atoms with Crippen LogP contribution < -0.4 is 17.0 Å². The molecule has 0 spiro atoms. The van der Waals surface area contributed by atoms with E-state index in [1.54, 1.807) is 0 Å². The molecule has 1 aromatic carbocycles. The van der Waals surface area contributed by atoms with Gasteiger partial charge in [-0.15, -0.1) is 0 Å². The summed E-state index contributed by atoms with van der Waals surface area (Å²) in [6.07, 6.45) is 1.09. The van der Waals surface area contributed by atoms with Crippen molar-refractivity contribution in [2.45, 2.75) is 32.2 Å². The van der Waals surface area contributed by atoms with E-state index in [2.05, 4.69) is 13.8 Å². The lowest BCUT2D eigenvalue weighted by atomic mass is 9.96. The largest absolute Gasteiger partial charge is 0.316 e. The van der Waals surface area contributed by atoms with Gasteiger partial charge in [0.1, 0.15) is 6.04 Å². The van der Waals surface area contributed by atoms with Crippen molar-refractivity contribution in [2.75, 3.05) is 0 Å². The molecule has 88 valence electrons. The van der Waals surface area contributed by atoms with Crippen LogP contribution in [0.2, 0.25) is 0 Å². The van der Waals surface area contributed by atoms with Gasteiger partial charge >= 0.3 is 0 Å². The van der Waals surface area contributed by atoms with Crippen LogP contribution in [-0.2, 0) is 4.79 Å². The van der Waals surface area contributed by atoms with Gasteiger partial charge in [0.25, 0.3) is 5.91 Å². The monoisotopic (exact) mass is 221 g/mol. The lowest BCUT2D eigenvalue weighted by Crippen LogP contribution is -2.38. The Morgan fingerprint density at radius 1 is 1.31 bits per heavy atom. The molecule has 16 heavy (non-hydrogen) atoms. The first-order valence-corrected chi connectivity index (χ1v) is 5.46. The van der Waals surface area contributed by atoms with Gasteiger partial charge in [-0.25, -0.2) is 5.84 Å². The number of nitrogens with one attached hydrogen (secondary N) is 1. The highest BCUT2D eigenvalue weighted by atomic mass is 16.2. The molecule has 0 aromatic heterocycles. The molecule has 0 radical (unpaired) electrons. The Labute approximate surface area is 96.0 Å². The average molecular weight is 221 g/mol. The van der Waals surface area contributed by atoms with Gasteiger partial charge in [0.2, 0.25) is 0 Å². The highest BCUT2D eigenvalue weighted by molar-refractivity contribution is 5.82. The second-order valence-corrected chi connectivity index (χ2v) is 3.96. The zero-order valence-corrected chi connectivity index (χ0v) is 9.73. The molecule has 0 saturated heterocycles. The number of carbonyl (C=O) groups excluding carboxylic acids is 1.